The largest absolute Gasteiger partial charge is 0.480 e. The van der Waals surface area contributed by atoms with Gasteiger partial charge in [-0.3, -0.25) is 4.79 Å². The van der Waals surface area contributed by atoms with Gasteiger partial charge in [0.1, 0.15) is 6.04 Å². The second-order valence-electron chi connectivity index (χ2n) is 4.51. The molecule has 0 saturated heterocycles. The van der Waals surface area contributed by atoms with Gasteiger partial charge in [-0.15, -0.1) is 0 Å². The molecule has 0 aromatic heterocycles. The number of rotatable bonds is 8. The van der Waals surface area contributed by atoms with Crippen LogP contribution in [-0.2, 0) is 11.2 Å². The van der Waals surface area contributed by atoms with E-state index in [-0.39, 0.29) is 0 Å². The van der Waals surface area contributed by atoms with Crippen molar-refractivity contribution in [2.24, 2.45) is 0 Å². The molecule has 1 unspecified atom stereocenters. The summed E-state index contributed by atoms with van der Waals surface area (Å²) < 4.78 is 0. The second-order valence-corrected chi connectivity index (χ2v) is 4.51. The number of benzene rings is 1. The molecule has 0 amide bonds. The van der Waals surface area contributed by atoms with Gasteiger partial charge in [0.25, 0.3) is 0 Å². The van der Waals surface area contributed by atoms with Crippen molar-refractivity contribution in [3.63, 3.8) is 0 Å². The Labute approximate surface area is 109 Å². The molecule has 0 aliphatic carbocycles. The summed E-state index contributed by atoms with van der Waals surface area (Å²) in [5.74, 6) is -0.783. The molecule has 100 valence electrons. The van der Waals surface area contributed by atoms with Crippen molar-refractivity contribution in [3.8, 4) is 0 Å². The van der Waals surface area contributed by atoms with Crippen LogP contribution < -0.4 is 5.32 Å². The first kappa shape index (κ1) is 14.7. The van der Waals surface area contributed by atoms with E-state index in [1.54, 1.807) is 7.05 Å². The van der Waals surface area contributed by atoms with Crippen molar-refractivity contribution in [2.45, 2.75) is 18.9 Å². The number of nitrogens with one attached hydrogen (secondary N) is 1. The van der Waals surface area contributed by atoms with E-state index in [0.717, 1.165) is 19.5 Å². The molecule has 0 bridgehead atoms. The lowest BCUT2D eigenvalue weighted by molar-refractivity contribution is -0.139. The number of carboxylic acid groups (broad SMARTS) is 1. The van der Waals surface area contributed by atoms with Gasteiger partial charge in [0.15, 0.2) is 0 Å². The van der Waals surface area contributed by atoms with Gasteiger partial charge in [-0.2, -0.15) is 0 Å². The highest BCUT2D eigenvalue weighted by atomic mass is 16.4. The average Bonchev–Trinajstić information content (AvgIpc) is 2.38. The van der Waals surface area contributed by atoms with E-state index in [1.807, 2.05) is 25.2 Å². The van der Waals surface area contributed by atoms with E-state index in [4.69, 9.17) is 5.11 Å². The van der Waals surface area contributed by atoms with Crippen molar-refractivity contribution >= 4 is 5.97 Å². The van der Waals surface area contributed by atoms with E-state index in [9.17, 15) is 4.79 Å². The molecule has 4 nitrogen and oxygen atoms in total. The summed E-state index contributed by atoms with van der Waals surface area (Å²) in [5.41, 5.74) is 1.31. The van der Waals surface area contributed by atoms with Gasteiger partial charge in [-0.1, -0.05) is 30.3 Å². The molecule has 0 aliphatic heterocycles. The summed E-state index contributed by atoms with van der Waals surface area (Å²) in [6, 6.07) is 9.86. The zero-order chi connectivity index (χ0) is 13.4. The van der Waals surface area contributed by atoms with Crippen LogP contribution in [0.3, 0.4) is 0 Å². The fraction of sp³-hybridized carbons (Fsp3) is 0.500. The molecule has 0 heterocycles. The van der Waals surface area contributed by atoms with Crippen molar-refractivity contribution in [2.75, 3.05) is 27.2 Å². The highest BCUT2D eigenvalue weighted by Crippen LogP contribution is 2.01. The van der Waals surface area contributed by atoms with E-state index < -0.39 is 12.0 Å². The lowest BCUT2D eigenvalue weighted by atomic mass is 10.1. The molecule has 0 aliphatic rings. The van der Waals surface area contributed by atoms with Gasteiger partial charge in [0.2, 0.25) is 0 Å². The summed E-state index contributed by atoms with van der Waals surface area (Å²) >= 11 is 0. The third-order valence-electron chi connectivity index (χ3n) is 3.07. The SMILES string of the molecule is CNC(CCN(C)CCc1ccccc1)C(=O)O. The van der Waals surface area contributed by atoms with Crippen LogP contribution in [0.2, 0.25) is 0 Å². The van der Waals surface area contributed by atoms with Gasteiger partial charge in [-0.25, -0.2) is 0 Å². The average molecular weight is 250 g/mol. The molecule has 0 radical (unpaired) electrons. The van der Waals surface area contributed by atoms with E-state index in [1.165, 1.54) is 5.56 Å². The van der Waals surface area contributed by atoms with Gasteiger partial charge in [0, 0.05) is 6.54 Å². The number of hydrogen-bond acceptors (Lipinski definition) is 3. The molecular formula is C14H22N2O2. The highest BCUT2D eigenvalue weighted by Gasteiger charge is 2.14. The molecule has 0 saturated carbocycles. The Balaban J connectivity index is 2.25. The predicted octanol–water partition coefficient (Wildman–Crippen LogP) is 1.22. The Morgan fingerprint density at radius 2 is 2.00 bits per heavy atom. The van der Waals surface area contributed by atoms with Crippen LogP contribution in [0.4, 0.5) is 0 Å². The Hall–Kier alpha value is -1.39. The summed E-state index contributed by atoms with van der Waals surface area (Å²) in [6.45, 7) is 1.73. The minimum Gasteiger partial charge on any atom is -0.480 e. The Morgan fingerprint density at radius 3 is 2.56 bits per heavy atom. The molecule has 0 fully saturated rings. The number of likely N-dealkylation sites (N-methyl/N-ethyl adjacent to an activating group) is 2. The standard InChI is InChI=1S/C14H22N2O2/c1-15-13(14(17)18)9-11-16(2)10-8-12-6-4-3-5-7-12/h3-7,13,15H,8-11H2,1-2H3,(H,17,18). The summed E-state index contributed by atoms with van der Waals surface area (Å²) in [6.07, 6.45) is 1.62. The number of hydrogen-bond donors (Lipinski definition) is 2. The molecule has 4 heteroatoms. The van der Waals surface area contributed by atoms with E-state index in [0.29, 0.717) is 6.42 Å². The van der Waals surface area contributed by atoms with Gasteiger partial charge < -0.3 is 15.3 Å². The number of carbonyl (C=O) groups is 1. The lowest BCUT2D eigenvalue weighted by Gasteiger charge is -2.19. The van der Waals surface area contributed by atoms with Crippen molar-refractivity contribution in [1.82, 2.24) is 10.2 Å². The van der Waals surface area contributed by atoms with Crippen molar-refractivity contribution in [3.05, 3.63) is 35.9 Å². The smallest absolute Gasteiger partial charge is 0.320 e. The summed E-state index contributed by atoms with van der Waals surface area (Å²) in [5, 5.41) is 11.7. The first-order valence-electron chi connectivity index (χ1n) is 6.26. The maximum absolute atomic E-state index is 10.8. The zero-order valence-corrected chi connectivity index (χ0v) is 11.1. The maximum Gasteiger partial charge on any atom is 0.320 e. The van der Waals surface area contributed by atoms with Crippen LogP contribution in [0.5, 0.6) is 0 Å². The molecular weight excluding hydrogens is 228 g/mol. The Morgan fingerprint density at radius 1 is 1.33 bits per heavy atom. The molecule has 1 aromatic carbocycles. The Kier molecular flexibility index (Phi) is 6.39. The van der Waals surface area contributed by atoms with Crippen LogP contribution in [-0.4, -0.2) is 49.2 Å². The molecule has 0 spiro atoms. The van der Waals surface area contributed by atoms with Crippen molar-refractivity contribution < 1.29 is 9.90 Å². The number of nitrogens with zero attached hydrogens (tertiary/aromatic N) is 1. The molecule has 1 atom stereocenters. The normalized spacial score (nSPS) is 12.6. The fourth-order valence-corrected chi connectivity index (χ4v) is 1.82. The highest BCUT2D eigenvalue weighted by molar-refractivity contribution is 5.73. The van der Waals surface area contributed by atoms with Crippen LogP contribution in [0.1, 0.15) is 12.0 Å². The molecule has 2 N–H and O–H groups in total. The van der Waals surface area contributed by atoms with Gasteiger partial charge >= 0.3 is 5.97 Å². The summed E-state index contributed by atoms with van der Waals surface area (Å²) in [7, 11) is 3.71. The lowest BCUT2D eigenvalue weighted by Crippen LogP contribution is -2.37. The molecule has 1 aromatic rings. The zero-order valence-electron chi connectivity index (χ0n) is 11.1. The van der Waals surface area contributed by atoms with Crippen LogP contribution in [0.15, 0.2) is 30.3 Å². The molecule has 1 rings (SSSR count). The second kappa shape index (κ2) is 7.84. The Bertz CT molecular complexity index is 354. The number of aliphatic carboxylic acids is 1. The minimum absolute atomic E-state index is 0.454. The van der Waals surface area contributed by atoms with Gasteiger partial charge in [-0.05, 0) is 39.0 Å². The number of carboxylic acids is 1. The van der Waals surface area contributed by atoms with Crippen LogP contribution in [0.25, 0.3) is 0 Å². The third-order valence-corrected chi connectivity index (χ3v) is 3.07. The van der Waals surface area contributed by atoms with Crippen molar-refractivity contribution in [1.29, 1.82) is 0 Å². The molecule has 18 heavy (non-hydrogen) atoms. The monoisotopic (exact) mass is 250 g/mol. The first-order valence-corrected chi connectivity index (χ1v) is 6.26. The minimum atomic E-state index is -0.783. The third kappa shape index (κ3) is 5.29. The van der Waals surface area contributed by atoms with Crippen LogP contribution >= 0.6 is 0 Å². The van der Waals surface area contributed by atoms with Crippen LogP contribution in [0, 0.1) is 0 Å². The summed E-state index contributed by atoms with van der Waals surface area (Å²) in [4.78, 5) is 13.0. The van der Waals surface area contributed by atoms with E-state index >= 15 is 0 Å². The predicted molar refractivity (Wildman–Crippen MR) is 72.7 cm³/mol. The quantitative estimate of drug-likeness (QED) is 0.728. The fourth-order valence-electron chi connectivity index (χ4n) is 1.82. The topological polar surface area (TPSA) is 52.6 Å². The first-order chi connectivity index (χ1) is 8.63. The van der Waals surface area contributed by atoms with E-state index in [2.05, 4.69) is 22.3 Å². The van der Waals surface area contributed by atoms with Gasteiger partial charge in [0.05, 0.1) is 0 Å². The maximum atomic E-state index is 10.8.